The third-order valence-electron chi connectivity index (χ3n) is 11.3. The van der Waals surface area contributed by atoms with Crippen LogP contribution in [0.25, 0.3) is 0 Å². The Morgan fingerprint density at radius 2 is 1.84 bits per heavy atom. The molecule has 1 unspecified atom stereocenters. The van der Waals surface area contributed by atoms with Crippen LogP contribution >= 0.6 is 0 Å². The predicted molar refractivity (Wildman–Crippen MR) is 143 cm³/mol. The molecule has 4 aliphatic carbocycles. The van der Waals surface area contributed by atoms with Crippen LogP contribution in [-0.2, 0) is 16.6 Å². The van der Waals surface area contributed by atoms with Gasteiger partial charge in [-0.1, -0.05) is 57.2 Å². The Balaban J connectivity index is 1.49. The van der Waals surface area contributed by atoms with E-state index in [1.165, 1.54) is 0 Å². The van der Waals surface area contributed by atoms with Gasteiger partial charge in [0.2, 0.25) is 0 Å². The van der Waals surface area contributed by atoms with E-state index in [9.17, 15) is 15.0 Å². The molecule has 38 heavy (non-hydrogen) atoms. The zero-order valence-corrected chi connectivity index (χ0v) is 22.8. The lowest BCUT2D eigenvalue weighted by molar-refractivity contribution is -0.260. The van der Waals surface area contributed by atoms with Crippen molar-refractivity contribution in [3.05, 3.63) is 71.3 Å². The smallest absolute Gasteiger partial charge is 0.254 e. The van der Waals surface area contributed by atoms with Gasteiger partial charge in [0.15, 0.2) is 11.5 Å². The molecule has 2 fully saturated rings. The molecule has 2 heterocycles. The van der Waals surface area contributed by atoms with E-state index in [1.807, 2.05) is 43.3 Å². The number of fused-ring (bicyclic) bond motifs is 1. The maximum atomic E-state index is 14.0. The first-order valence-electron chi connectivity index (χ1n) is 13.8. The number of piperidine rings is 1. The summed E-state index contributed by atoms with van der Waals surface area (Å²) in [5.41, 5.74) is -0.413. The minimum Gasteiger partial charge on any atom is -0.504 e. The van der Waals surface area contributed by atoms with Crippen LogP contribution in [0.5, 0.6) is 11.5 Å². The number of nitrogens with zero attached hydrogens (tertiary/aromatic N) is 1. The molecule has 2 spiro atoms. The van der Waals surface area contributed by atoms with Gasteiger partial charge < -0.3 is 24.6 Å². The molecule has 2 aliphatic heterocycles. The summed E-state index contributed by atoms with van der Waals surface area (Å²) in [7, 11) is 1.71. The maximum absolute atomic E-state index is 14.0. The molecule has 2 aromatic rings. The monoisotopic (exact) mass is 515 g/mol. The summed E-state index contributed by atoms with van der Waals surface area (Å²) in [5, 5.41) is 23.2. The average molecular weight is 516 g/mol. The molecule has 1 amide bonds. The van der Waals surface area contributed by atoms with Crippen molar-refractivity contribution in [3.63, 3.8) is 0 Å². The number of aromatic hydroxyl groups is 1. The van der Waals surface area contributed by atoms with Crippen molar-refractivity contribution in [2.24, 2.45) is 16.7 Å². The topological polar surface area (TPSA) is 79.2 Å². The second-order valence-electron chi connectivity index (χ2n) is 13.3. The van der Waals surface area contributed by atoms with Crippen LogP contribution < -0.4 is 4.74 Å². The molecular formula is C32H37NO5. The van der Waals surface area contributed by atoms with Gasteiger partial charge in [-0.05, 0) is 55.4 Å². The van der Waals surface area contributed by atoms with Gasteiger partial charge >= 0.3 is 0 Å². The van der Waals surface area contributed by atoms with Crippen molar-refractivity contribution >= 4 is 5.91 Å². The number of phenols is 1. The highest BCUT2D eigenvalue weighted by atomic mass is 16.6. The minimum absolute atomic E-state index is 0.0411. The van der Waals surface area contributed by atoms with Crippen LogP contribution in [-0.4, -0.2) is 58.0 Å². The average Bonchev–Trinajstić information content (AvgIpc) is 3.27. The zero-order valence-electron chi connectivity index (χ0n) is 22.8. The third-order valence-corrected chi connectivity index (χ3v) is 11.3. The van der Waals surface area contributed by atoms with Crippen LogP contribution in [0, 0.1) is 16.7 Å². The van der Waals surface area contributed by atoms with Gasteiger partial charge in [0.05, 0.1) is 11.0 Å². The second kappa shape index (κ2) is 7.22. The first kappa shape index (κ1) is 24.2. The number of hydrogen-bond donors (Lipinski definition) is 2. The van der Waals surface area contributed by atoms with Gasteiger partial charge in [-0.2, -0.15) is 0 Å². The lowest BCUT2D eigenvalue weighted by Crippen LogP contribution is -2.81. The summed E-state index contributed by atoms with van der Waals surface area (Å²) in [6, 6.07) is 13.1. The quantitative estimate of drug-likeness (QED) is 0.584. The van der Waals surface area contributed by atoms with E-state index in [4.69, 9.17) is 9.47 Å². The normalized spacial score (nSPS) is 37.4. The summed E-state index contributed by atoms with van der Waals surface area (Å²) in [4.78, 5) is 16.1. The van der Waals surface area contributed by atoms with Gasteiger partial charge in [0.1, 0.15) is 11.7 Å². The number of benzene rings is 2. The van der Waals surface area contributed by atoms with Crippen LogP contribution in [0.3, 0.4) is 0 Å². The SMILES string of the molecule is CO[C@]12C=C[C@@]3(C[C@H]1C(C)(O)C(C)(C)C)[C@@H]1Cc4ccc(O)c5c4[C@@]3(CCN1C(=O)c1ccccc1)[C@H]2O5. The van der Waals surface area contributed by atoms with E-state index in [1.54, 1.807) is 13.2 Å². The zero-order chi connectivity index (χ0) is 26.9. The van der Waals surface area contributed by atoms with Crippen LogP contribution in [0.2, 0.25) is 0 Å². The first-order chi connectivity index (χ1) is 17.9. The fourth-order valence-electron chi connectivity index (χ4n) is 8.99. The summed E-state index contributed by atoms with van der Waals surface area (Å²) in [5.74, 6) is 0.461. The second-order valence-corrected chi connectivity index (χ2v) is 13.3. The van der Waals surface area contributed by atoms with Gasteiger partial charge in [-0.25, -0.2) is 0 Å². The van der Waals surface area contributed by atoms with Gasteiger partial charge in [0, 0.05) is 42.2 Å². The summed E-state index contributed by atoms with van der Waals surface area (Å²) in [6.07, 6.45) is 6.05. The van der Waals surface area contributed by atoms with Crippen molar-refractivity contribution < 1.29 is 24.5 Å². The van der Waals surface area contributed by atoms with E-state index in [2.05, 4.69) is 37.8 Å². The number of ether oxygens (including phenoxy) is 2. The van der Waals surface area contributed by atoms with Crippen molar-refractivity contribution in [1.82, 2.24) is 4.90 Å². The molecule has 0 radical (unpaired) electrons. The largest absolute Gasteiger partial charge is 0.504 e. The number of hydrogen-bond acceptors (Lipinski definition) is 5. The molecule has 1 saturated heterocycles. The van der Waals surface area contributed by atoms with E-state index in [0.29, 0.717) is 37.1 Å². The van der Waals surface area contributed by atoms with Crippen molar-refractivity contribution in [2.75, 3.05) is 13.7 Å². The van der Waals surface area contributed by atoms with E-state index in [-0.39, 0.29) is 23.6 Å². The standard InChI is InChI=1S/C32H37NO5/c1-28(2,3)29(4,36)22-18-30-13-14-32(22,37-5)27-31(30)15-16-33(26(35)19-9-7-6-8-10-19)23(30)17-20-11-12-21(34)25(38-27)24(20)31/h6-14,22-23,27,34,36H,15-18H2,1-5H3/t22-,23-,27+,29?,30+,31-,32+/m0/s1. The van der Waals surface area contributed by atoms with E-state index >= 15 is 0 Å². The Morgan fingerprint density at radius 1 is 1.11 bits per heavy atom. The lowest BCUT2D eigenvalue weighted by atomic mass is 9.35. The number of carbonyl (C=O) groups excluding carboxylic acids is 1. The molecule has 200 valence electrons. The fraction of sp³-hybridized carbons (Fsp3) is 0.531. The minimum atomic E-state index is -1.09. The first-order valence-corrected chi connectivity index (χ1v) is 13.8. The highest BCUT2D eigenvalue weighted by Crippen LogP contribution is 2.76. The maximum Gasteiger partial charge on any atom is 0.254 e. The molecule has 7 atom stereocenters. The number of carbonyl (C=O) groups is 1. The molecule has 1 saturated carbocycles. The van der Waals surface area contributed by atoms with Crippen molar-refractivity contribution in [3.8, 4) is 11.5 Å². The Hall–Kier alpha value is -2.83. The summed E-state index contributed by atoms with van der Waals surface area (Å²) < 4.78 is 13.3. The number of likely N-dealkylation sites (tertiary alicyclic amines) is 1. The molecular weight excluding hydrogens is 478 g/mol. The van der Waals surface area contributed by atoms with Gasteiger partial charge in [-0.15, -0.1) is 0 Å². The Kier molecular flexibility index (Phi) is 4.60. The third kappa shape index (κ3) is 2.50. The van der Waals surface area contributed by atoms with E-state index in [0.717, 1.165) is 11.1 Å². The lowest BCUT2D eigenvalue weighted by Gasteiger charge is -2.73. The van der Waals surface area contributed by atoms with E-state index < -0.39 is 33.6 Å². The molecule has 2 N–H and O–H groups in total. The van der Waals surface area contributed by atoms with Crippen LogP contribution in [0.15, 0.2) is 54.6 Å². The molecule has 4 bridgehead atoms. The number of aliphatic hydroxyl groups is 1. The number of amides is 1. The molecule has 6 aliphatic rings. The summed E-state index contributed by atoms with van der Waals surface area (Å²) in [6.45, 7) is 8.72. The number of rotatable bonds is 3. The molecule has 6 nitrogen and oxygen atoms in total. The van der Waals surface area contributed by atoms with Gasteiger partial charge in [-0.3, -0.25) is 4.79 Å². The highest BCUT2D eigenvalue weighted by molar-refractivity contribution is 5.95. The fourth-order valence-corrected chi connectivity index (χ4v) is 8.99. The Morgan fingerprint density at radius 3 is 2.53 bits per heavy atom. The van der Waals surface area contributed by atoms with Crippen molar-refractivity contribution in [1.29, 1.82) is 0 Å². The predicted octanol–water partition coefficient (Wildman–Crippen LogP) is 4.62. The highest BCUT2D eigenvalue weighted by Gasteiger charge is 2.81. The number of phenolic OH excluding ortho intramolecular Hbond substituents is 1. The van der Waals surface area contributed by atoms with Crippen LogP contribution in [0.4, 0.5) is 0 Å². The Bertz CT molecular complexity index is 1380. The van der Waals surface area contributed by atoms with Crippen LogP contribution in [0.1, 0.15) is 62.0 Å². The molecule has 6 heteroatoms. The Labute approximate surface area is 224 Å². The molecule has 8 rings (SSSR count). The molecule has 2 aromatic carbocycles. The number of methoxy groups -OCH3 is 1. The van der Waals surface area contributed by atoms with Gasteiger partial charge in [0.25, 0.3) is 5.91 Å². The summed E-state index contributed by atoms with van der Waals surface area (Å²) >= 11 is 0. The molecule has 0 aromatic heterocycles. The van der Waals surface area contributed by atoms with Crippen molar-refractivity contribution in [2.45, 2.75) is 75.7 Å².